The van der Waals surface area contributed by atoms with Gasteiger partial charge in [0.1, 0.15) is 5.75 Å². The normalized spacial score (nSPS) is 35.4. The van der Waals surface area contributed by atoms with Gasteiger partial charge in [-0.1, -0.05) is 39.0 Å². The summed E-state index contributed by atoms with van der Waals surface area (Å²) >= 11 is 0. The first-order valence-corrected chi connectivity index (χ1v) is 15.6. The molecule has 9 nitrogen and oxygen atoms in total. The molecule has 0 bridgehead atoms. The molecule has 0 aliphatic heterocycles. The first-order chi connectivity index (χ1) is 20.4. The largest absolute Gasteiger partial charge is 0.505 e. The average Bonchev–Trinajstić information content (AvgIpc) is 3.48. The highest BCUT2D eigenvalue weighted by molar-refractivity contribution is 6.32. The molecular weight excluding hydrogens is 548 g/mol. The van der Waals surface area contributed by atoms with Crippen molar-refractivity contribution in [2.45, 2.75) is 77.4 Å². The minimum Gasteiger partial charge on any atom is -0.505 e. The number of primary amides is 1. The van der Waals surface area contributed by atoms with Gasteiger partial charge in [-0.05, 0) is 85.5 Å². The van der Waals surface area contributed by atoms with E-state index in [1.807, 2.05) is 18.2 Å². The Balaban J connectivity index is 1.46. The first kappa shape index (κ1) is 29.5. The van der Waals surface area contributed by atoms with Gasteiger partial charge in [0.05, 0.1) is 17.2 Å². The Bertz CT molecular complexity index is 1500. The van der Waals surface area contributed by atoms with E-state index in [2.05, 4.69) is 18.3 Å². The lowest BCUT2D eigenvalue weighted by molar-refractivity contribution is -0.182. The van der Waals surface area contributed by atoms with E-state index in [0.717, 1.165) is 43.2 Å². The van der Waals surface area contributed by atoms with Crippen molar-refractivity contribution in [3.05, 3.63) is 41.0 Å². The summed E-state index contributed by atoms with van der Waals surface area (Å²) in [5.74, 6) is -10.7. The second kappa shape index (κ2) is 10.5. The highest BCUT2D eigenvalue weighted by Gasteiger charge is 2.69. The van der Waals surface area contributed by atoms with Gasteiger partial charge in [0, 0.05) is 17.9 Å². The zero-order chi connectivity index (χ0) is 31.0. The van der Waals surface area contributed by atoms with Crippen LogP contribution in [-0.4, -0.2) is 50.9 Å². The Hall–Kier alpha value is -3.59. The number of amides is 1. The molecule has 0 heterocycles. The molecular formula is C34H40N2O7. The lowest BCUT2D eigenvalue weighted by Gasteiger charge is -2.52. The van der Waals surface area contributed by atoms with Crippen LogP contribution in [0, 0.1) is 41.4 Å². The molecule has 5 aliphatic rings. The molecule has 1 aromatic rings. The lowest BCUT2D eigenvalue weighted by Crippen LogP contribution is -2.71. The molecule has 5 N–H and O–H groups in total. The Morgan fingerprint density at radius 1 is 1.09 bits per heavy atom. The number of benzene rings is 1. The van der Waals surface area contributed by atoms with Crippen molar-refractivity contribution in [2.75, 3.05) is 5.32 Å². The summed E-state index contributed by atoms with van der Waals surface area (Å²) in [6.07, 6.45) is 11.1. The van der Waals surface area contributed by atoms with Gasteiger partial charge in [-0.3, -0.25) is 24.0 Å². The van der Waals surface area contributed by atoms with Gasteiger partial charge in [0.2, 0.25) is 5.91 Å². The number of Topliss-reactive ketones (excluding diaryl/α,β-unsaturated/α-hetero) is 4. The molecule has 5 aliphatic carbocycles. The van der Waals surface area contributed by atoms with Gasteiger partial charge in [-0.2, -0.15) is 0 Å². The van der Waals surface area contributed by atoms with Gasteiger partial charge < -0.3 is 21.3 Å². The number of carbonyl (C=O) groups excluding carboxylic acids is 5. The molecule has 2 unspecified atom stereocenters. The maximum Gasteiger partial charge on any atom is 0.235 e. The van der Waals surface area contributed by atoms with E-state index in [9.17, 15) is 34.2 Å². The molecule has 1 amide bonds. The fourth-order valence-corrected chi connectivity index (χ4v) is 8.57. The number of phenolic OH excluding ortho intramolecular Hbond substituents is 1. The van der Waals surface area contributed by atoms with E-state index < -0.39 is 64.2 Å². The summed E-state index contributed by atoms with van der Waals surface area (Å²) in [6, 6.07) is 2.02. The molecule has 6 atom stereocenters. The number of hydrogen-bond donors (Lipinski definition) is 4. The van der Waals surface area contributed by atoms with Crippen molar-refractivity contribution >= 4 is 40.3 Å². The fourth-order valence-electron chi connectivity index (χ4n) is 8.57. The van der Waals surface area contributed by atoms with Gasteiger partial charge in [0.25, 0.3) is 0 Å². The topological polar surface area (TPSA) is 164 Å². The van der Waals surface area contributed by atoms with Crippen LogP contribution in [-0.2, 0) is 25.6 Å². The summed E-state index contributed by atoms with van der Waals surface area (Å²) in [6.45, 7) is 5.71. The summed E-state index contributed by atoms with van der Waals surface area (Å²) < 4.78 is 0. The highest BCUT2D eigenvalue weighted by atomic mass is 16.3. The van der Waals surface area contributed by atoms with Crippen LogP contribution in [0.2, 0.25) is 0 Å². The second-order valence-corrected chi connectivity index (χ2v) is 13.7. The molecule has 0 aromatic heterocycles. The van der Waals surface area contributed by atoms with Crippen LogP contribution in [0.3, 0.4) is 0 Å². The van der Waals surface area contributed by atoms with E-state index in [-0.39, 0.29) is 36.1 Å². The number of fused-ring (bicyclic) bond motifs is 3. The number of nitrogens with two attached hydrogens (primary N) is 1. The van der Waals surface area contributed by atoms with Gasteiger partial charge in [-0.25, -0.2) is 0 Å². The monoisotopic (exact) mass is 588 g/mol. The number of aliphatic hydroxyl groups is 1. The van der Waals surface area contributed by atoms with Gasteiger partial charge in [-0.15, -0.1) is 0 Å². The number of anilines is 1. The maximum absolute atomic E-state index is 14.3. The SMILES string of the molecule is CC1CCC(Nc2cc(C3=CCC=C3)c3c(c2O)C(=O)C2C(=O)[C@]4(O)C(=O)C(C(N)=O)C(=O)[C@@H](C(C)C)[C@@H]4C[C@@H]2C3)CC1. The predicted octanol–water partition coefficient (Wildman–Crippen LogP) is 3.54. The Morgan fingerprint density at radius 2 is 1.79 bits per heavy atom. The molecule has 1 aromatic carbocycles. The zero-order valence-corrected chi connectivity index (χ0v) is 24.9. The van der Waals surface area contributed by atoms with Crippen LogP contribution in [0.5, 0.6) is 5.75 Å². The molecule has 6 rings (SSSR count). The number of aromatic hydroxyl groups is 1. The molecule has 228 valence electrons. The third-order valence-corrected chi connectivity index (χ3v) is 10.8. The Morgan fingerprint density at radius 3 is 2.40 bits per heavy atom. The number of hydrogen-bond acceptors (Lipinski definition) is 8. The van der Waals surface area contributed by atoms with E-state index in [4.69, 9.17) is 5.73 Å². The van der Waals surface area contributed by atoms with Crippen LogP contribution >= 0.6 is 0 Å². The number of carbonyl (C=O) groups is 5. The molecule has 0 saturated heterocycles. The van der Waals surface area contributed by atoms with Crippen LogP contribution in [0.1, 0.15) is 80.8 Å². The molecule has 9 heteroatoms. The highest BCUT2D eigenvalue weighted by Crippen LogP contribution is 2.54. The van der Waals surface area contributed by atoms with Crippen molar-refractivity contribution < 1.29 is 34.2 Å². The van der Waals surface area contributed by atoms with Crippen LogP contribution < -0.4 is 11.1 Å². The van der Waals surface area contributed by atoms with Crippen molar-refractivity contribution in [3.63, 3.8) is 0 Å². The fraction of sp³-hybridized carbons (Fsp3) is 0.559. The standard InChI is InChI=1S/C34H40N2O7/c1-15(2)24-22-13-18-12-21-20(17-6-4-5-7-17)14-23(36-19-10-8-16(3)9-11-19)28(37)26(21)30(39)25(18)31(40)34(22,43)32(41)27(29(24)38)33(35)42/h4,6-7,14-16,18-19,22,24-25,27,36-37,43H,5,8-13H2,1-3H3,(H2,35,42)/t16?,18-,19?,22-,24-,25?,27?,34-/m0/s1. The Labute approximate surface area is 251 Å². The van der Waals surface area contributed by atoms with Crippen LogP contribution in [0.15, 0.2) is 24.3 Å². The maximum atomic E-state index is 14.3. The quantitative estimate of drug-likeness (QED) is 0.300. The molecule has 43 heavy (non-hydrogen) atoms. The molecule has 3 fully saturated rings. The van der Waals surface area contributed by atoms with Crippen molar-refractivity contribution in [1.82, 2.24) is 0 Å². The van der Waals surface area contributed by atoms with E-state index in [0.29, 0.717) is 17.2 Å². The van der Waals surface area contributed by atoms with Crippen molar-refractivity contribution in [1.29, 1.82) is 0 Å². The van der Waals surface area contributed by atoms with E-state index >= 15 is 0 Å². The number of nitrogens with one attached hydrogen (secondary N) is 1. The Kier molecular flexibility index (Phi) is 7.23. The zero-order valence-electron chi connectivity index (χ0n) is 24.9. The lowest BCUT2D eigenvalue weighted by atomic mass is 9.49. The predicted molar refractivity (Wildman–Crippen MR) is 159 cm³/mol. The number of phenols is 1. The molecule has 0 spiro atoms. The van der Waals surface area contributed by atoms with Gasteiger partial charge in [0.15, 0.2) is 34.7 Å². The average molecular weight is 589 g/mol. The minimum atomic E-state index is -2.69. The first-order valence-electron chi connectivity index (χ1n) is 15.6. The number of ketones is 4. The van der Waals surface area contributed by atoms with Crippen molar-refractivity contribution in [2.24, 2.45) is 47.2 Å². The third-order valence-electron chi connectivity index (χ3n) is 10.8. The number of rotatable bonds is 5. The van der Waals surface area contributed by atoms with E-state index in [1.165, 1.54) is 0 Å². The summed E-state index contributed by atoms with van der Waals surface area (Å²) in [4.78, 5) is 67.7. The van der Waals surface area contributed by atoms with E-state index in [1.54, 1.807) is 13.8 Å². The third kappa shape index (κ3) is 4.41. The minimum absolute atomic E-state index is 0.0354. The van der Waals surface area contributed by atoms with Crippen molar-refractivity contribution in [3.8, 4) is 5.75 Å². The second-order valence-electron chi connectivity index (χ2n) is 13.7. The smallest absolute Gasteiger partial charge is 0.235 e. The summed E-state index contributed by atoms with van der Waals surface area (Å²) in [5.41, 5.74) is 5.56. The molecule has 3 saturated carbocycles. The van der Waals surface area contributed by atoms with Gasteiger partial charge >= 0.3 is 0 Å². The molecule has 0 radical (unpaired) electrons. The summed E-state index contributed by atoms with van der Waals surface area (Å²) in [5, 5.41) is 26.9. The van der Waals surface area contributed by atoms with Crippen LogP contribution in [0.25, 0.3) is 5.57 Å². The number of allylic oxidation sites excluding steroid dienone is 4. The van der Waals surface area contributed by atoms with Crippen LogP contribution in [0.4, 0.5) is 5.69 Å². The summed E-state index contributed by atoms with van der Waals surface area (Å²) in [7, 11) is 0.